The summed E-state index contributed by atoms with van der Waals surface area (Å²) in [6.45, 7) is 2.63. The smallest absolute Gasteiger partial charge is 0.158 e. The Bertz CT molecular complexity index is 557. The second-order valence-electron chi connectivity index (χ2n) is 3.59. The molecule has 0 saturated heterocycles. The van der Waals surface area contributed by atoms with Crippen molar-refractivity contribution in [1.29, 1.82) is 5.26 Å². The number of nitriles is 1. The third-order valence-corrected chi connectivity index (χ3v) is 2.48. The van der Waals surface area contributed by atoms with Gasteiger partial charge >= 0.3 is 0 Å². The molecule has 90 valence electrons. The average molecular weight is 242 g/mol. The van der Waals surface area contributed by atoms with Crippen LogP contribution in [0.5, 0.6) is 0 Å². The fourth-order valence-corrected chi connectivity index (χ4v) is 1.62. The van der Waals surface area contributed by atoms with Crippen LogP contribution in [0, 0.1) is 17.1 Å². The zero-order chi connectivity index (χ0) is 13.0. The van der Waals surface area contributed by atoms with Gasteiger partial charge in [-0.1, -0.05) is 0 Å². The molecule has 0 unspecified atom stereocenters. The second kappa shape index (κ2) is 5.23. The maximum atomic E-state index is 12.9. The van der Waals surface area contributed by atoms with E-state index in [0.29, 0.717) is 12.4 Å². The van der Waals surface area contributed by atoms with Gasteiger partial charge in [-0.25, -0.2) is 14.4 Å². The molecule has 5 heteroatoms. The number of anilines is 2. The van der Waals surface area contributed by atoms with E-state index in [0.717, 1.165) is 5.69 Å². The molecular formula is C13H11FN4. The first-order valence-electron chi connectivity index (χ1n) is 5.50. The van der Waals surface area contributed by atoms with E-state index < -0.39 is 0 Å². The Kier molecular flexibility index (Phi) is 3.49. The van der Waals surface area contributed by atoms with E-state index in [1.807, 2.05) is 17.9 Å². The van der Waals surface area contributed by atoms with Crippen LogP contribution < -0.4 is 4.90 Å². The molecule has 0 saturated carbocycles. The molecular weight excluding hydrogens is 231 g/mol. The third-order valence-electron chi connectivity index (χ3n) is 2.48. The minimum Gasteiger partial charge on any atom is -0.325 e. The van der Waals surface area contributed by atoms with E-state index in [-0.39, 0.29) is 11.5 Å². The van der Waals surface area contributed by atoms with Gasteiger partial charge in [0.2, 0.25) is 0 Å². The Morgan fingerprint density at radius 3 is 2.44 bits per heavy atom. The minimum atomic E-state index is -0.277. The molecule has 0 aliphatic heterocycles. The van der Waals surface area contributed by atoms with Crippen LogP contribution in [-0.2, 0) is 0 Å². The molecule has 0 aliphatic carbocycles. The minimum absolute atomic E-state index is 0.272. The SMILES string of the molecule is CCN(c1ccc(F)cc1)c1cnc(C#N)cn1. The maximum Gasteiger partial charge on any atom is 0.158 e. The van der Waals surface area contributed by atoms with Crippen LogP contribution in [0.15, 0.2) is 36.7 Å². The average Bonchev–Trinajstić information content (AvgIpc) is 2.42. The Morgan fingerprint density at radius 2 is 1.94 bits per heavy atom. The fourth-order valence-electron chi connectivity index (χ4n) is 1.62. The third kappa shape index (κ3) is 2.43. The number of aromatic nitrogens is 2. The van der Waals surface area contributed by atoms with Crippen molar-refractivity contribution in [3.8, 4) is 6.07 Å². The highest BCUT2D eigenvalue weighted by Gasteiger charge is 2.09. The van der Waals surface area contributed by atoms with Crippen LogP contribution in [0.3, 0.4) is 0 Å². The summed E-state index contributed by atoms with van der Waals surface area (Å²) in [6.07, 6.45) is 2.95. The quantitative estimate of drug-likeness (QED) is 0.830. The monoisotopic (exact) mass is 242 g/mol. The predicted octanol–water partition coefficient (Wildman–Crippen LogP) is 2.65. The van der Waals surface area contributed by atoms with Gasteiger partial charge in [-0.05, 0) is 31.2 Å². The van der Waals surface area contributed by atoms with Crippen molar-refractivity contribution >= 4 is 11.5 Å². The number of benzene rings is 1. The van der Waals surface area contributed by atoms with Crippen molar-refractivity contribution < 1.29 is 4.39 Å². The summed E-state index contributed by atoms with van der Waals surface area (Å²) in [6, 6.07) is 8.07. The summed E-state index contributed by atoms with van der Waals surface area (Å²) in [5.41, 5.74) is 1.10. The number of rotatable bonds is 3. The van der Waals surface area contributed by atoms with Crippen LogP contribution in [-0.4, -0.2) is 16.5 Å². The van der Waals surface area contributed by atoms with Crippen molar-refractivity contribution in [2.45, 2.75) is 6.92 Å². The predicted molar refractivity (Wildman–Crippen MR) is 65.8 cm³/mol. The Balaban J connectivity index is 2.33. The molecule has 0 bridgehead atoms. The van der Waals surface area contributed by atoms with Crippen LogP contribution >= 0.6 is 0 Å². The van der Waals surface area contributed by atoms with Gasteiger partial charge in [-0.15, -0.1) is 0 Å². The van der Waals surface area contributed by atoms with Gasteiger partial charge in [0.25, 0.3) is 0 Å². The highest BCUT2D eigenvalue weighted by Crippen LogP contribution is 2.22. The topological polar surface area (TPSA) is 52.8 Å². The zero-order valence-corrected chi connectivity index (χ0v) is 9.84. The molecule has 0 spiro atoms. The summed E-state index contributed by atoms with van der Waals surface area (Å²) >= 11 is 0. The molecule has 0 radical (unpaired) electrons. The lowest BCUT2D eigenvalue weighted by molar-refractivity contribution is 0.628. The molecule has 0 amide bonds. The van der Waals surface area contributed by atoms with Crippen molar-refractivity contribution in [1.82, 2.24) is 9.97 Å². The number of halogens is 1. The lowest BCUT2D eigenvalue weighted by Gasteiger charge is -2.21. The number of nitrogens with zero attached hydrogens (tertiary/aromatic N) is 4. The summed E-state index contributed by atoms with van der Waals surface area (Å²) in [4.78, 5) is 10.0. The van der Waals surface area contributed by atoms with E-state index in [1.165, 1.54) is 24.5 Å². The first-order valence-corrected chi connectivity index (χ1v) is 5.50. The summed E-state index contributed by atoms with van der Waals surface area (Å²) in [5, 5.41) is 8.66. The molecule has 0 aliphatic rings. The highest BCUT2D eigenvalue weighted by atomic mass is 19.1. The Hall–Kier alpha value is -2.48. The van der Waals surface area contributed by atoms with Crippen LogP contribution in [0.2, 0.25) is 0 Å². The molecule has 1 aromatic heterocycles. The van der Waals surface area contributed by atoms with Gasteiger partial charge in [-0.2, -0.15) is 5.26 Å². The molecule has 1 heterocycles. The van der Waals surface area contributed by atoms with Crippen molar-refractivity contribution in [2.24, 2.45) is 0 Å². The molecule has 2 aromatic rings. The molecule has 0 N–H and O–H groups in total. The van der Waals surface area contributed by atoms with Gasteiger partial charge in [0.1, 0.15) is 11.9 Å². The van der Waals surface area contributed by atoms with Crippen LogP contribution in [0.1, 0.15) is 12.6 Å². The summed E-state index contributed by atoms with van der Waals surface area (Å²) in [5.74, 6) is 0.351. The molecule has 18 heavy (non-hydrogen) atoms. The lowest BCUT2D eigenvalue weighted by atomic mass is 10.3. The van der Waals surface area contributed by atoms with E-state index in [1.54, 1.807) is 12.1 Å². The lowest BCUT2D eigenvalue weighted by Crippen LogP contribution is -2.17. The van der Waals surface area contributed by atoms with Crippen LogP contribution in [0.4, 0.5) is 15.9 Å². The van der Waals surface area contributed by atoms with Gasteiger partial charge in [0, 0.05) is 12.2 Å². The Morgan fingerprint density at radius 1 is 1.22 bits per heavy atom. The van der Waals surface area contributed by atoms with Crippen LogP contribution in [0.25, 0.3) is 0 Å². The fraction of sp³-hybridized carbons (Fsp3) is 0.154. The standard InChI is InChI=1S/C13H11FN4/c1-2-18(12-5-3-10(14)4-6-12)13-9-16-11(7-15)8-17-13/h3-6,8-9H,2H2,1H3. The van der Waals surface area contributed by atoms with E-state index in [4.69, 9.17) is 5.26 Å². The normalized spacial score (nSPS) is 9.83. The van der Waals surface area contributed by atoms with Gasteiger partial charge < -0.3 is 4.90 Å². The van der Waals surface area contributed by atoms with Crippen molar-refractivity contribution in [2.75, 3.05) is 11.4 Å². The summed E-state index contributed by atoms with van der Waals surface area (Å²) < 4.78 is 12.9. The van der Waals surface area contributed by atoms with Crippen molar-refractivity contribution in [3.63, 3.8) is 0 Å². The maximum absolute atomic E-state index is 12.9. The first kappa shape index (κ1) is 12.0. The van der Waals surface area contributed by atoms with Crippen molar-refractivity contribution in [3.05, 3.63) is 48.2 Å². The molecule has 1 aromatic carbocycles. The highest BCUT2D eigenvalue weighted by molar-refractivity contribution is 5.58. The molecule has 0 fully saturated rings. The first-order chi connectivity index (χ1) is 8.74. The molecule has 4 nitrogen and oxygen atoms in total. The summed E-state index contributed by atoms with van der Waals surface area (Å²) in [7, 11) is 0. The van der Waals surface area contributed by atoms with E-state index >= 15 is 0 Å². The van der Waals surface area contributed by atoms with Gasteiger partial charge in [0.05, 0.1) is 12.4 Å². The van der Waals surface area contributed by atoms with Gasteiger partial charge in [-0.3, -0.25) is 0 Å². The van der Waals surface area contributed by atoms with E-state index in [9.17, 15) is 4.39 Å². The molecule has 2 rings (SSSR count). The van der Waals surface area contributed by atoms with Gasteiger partial charge in [0.15, 0.2) is 11.5 Å². The largest absolute Gasteiger partial charge is 0.325 e. The Labute approximate surface area is 104 Å². The second-order valence-corrected chi connectivity index (χ2v) is 3.59. The zero-order valence-electron chi connectivity index (χ0n) is 9.84. The number of hydrogen-bond acceptors (Lipinski definition) is 4. The molecule has 0 atom stereocenters. The van der Waals surface area contributed by atoms with E-state index in [2.05, 4.69) is 9.97 Å². The number of hydrogen-bond donors (Lipinski definition) is 0.